The Bertz CT molecular complexity index is 1360. The van der Waals surface area contributed by atoms with Crippen LogP contribution in [0.3, 0.4) is 0 Å². The number of alkyl halides is 3. The van der Waals surface area contributed by atoms with E-state index in [0.29, 0.717) is 0 Å². The highest BCUT2D eigenvalue weighted by Gasteiger charge is 2.32. The van der Waals surface area contributed by atoms with E-state index in [1.165, 1.54) is 30.3 Å². The van der Waals surface area contributed by atoms with E-state index in [9.17, 15) is 26.4 Å². The Hall–Kier alpha value is -3.05. The number of carbonyl (C=O) groups is 1. The van der Waals surface area contributed by atoms with Crippen molar-refractivity contribution < 1.29 is 31.1 Å². The molecule has 0 aromatic heterocycles. The molecule has 1 atom stereocenters. The highest BCUT2D eigenvalue weighted by Crippen LogP contribution is 2.34. The van der Waals surface area contributed by atoms with Crippen LogP contribution in [0.25, 0.3) is 0 Å². The van der Waals surface area contributed by atoms with E-state index in [2.05, 4.69) is 20.7 Å². The number of rotatable bonds is 6. The van der Waals surface area contributed by atoms with Gasteiger partial charge < -0.3 is 9.64 Å². The molecular weight excluding hydrogens is 549 g/mol. The highest BCUT2D eigenvalue weighted by atomic mass is 79.9. The molecule has 0 saturated heterocycles. The molecular formula is C24H20BrF3N2O4S. The highest BCUT2D eigenvalue weighted by molar-refractivity contribution is 9.10. The third-order valence-electron chi connectivity index (χ3n) is 5.46. The number of hydrogen-bond acceptors (Lipinski definition) is 4. The van der Waals surface area contributed by atoms with Crippen LogP contribution in [-0.2, 0) is 27.4 Å². The van der Waals surface area contributed by atoms with Gasteiger partial charge in [-0.25, -0.2) is 8.42 Å². The maximum absolute atomic E-state index is 12.9. The molecule has 11 heteroatoms. The molecule has 3 aromatic rings. The van der Waals surface area contributed by atoms with Gasteiger partial charge in [-0.15, -0.1) is 0 Å². The predicted octanol–water partition coefficient (Wildman–Crippen LogP) is 5.63. The van der Waals surface area contributed by atoms with Gasteiger partial charge in [0, 0.05) is 21.9 Å². The molecule has 184 valence electrons. The summed E-state index contributed by atoms with van der Waals surface area (Å²) in [5.74, 6) is 0.0423. The third-order valence-corrected chi connectivity index (χ3v) is 7.35. The number of carbonyl (C=O) groups excluding carboxylic acids is 1. The van der Waals surface area contributed by atoms with Gasteiger partial charge in [-0.3, -0.25) is 9.52 Å². The lowest BCUT2D eigenvalue weighted by Crippen LogP contribution is -2.39. The molecule has 35 heavy (non-hydrogen) atoms. The van der Waals surface area contributed by atoms with Crippen molar-refractivity contribution in [2.24, 2.45) is 0 Å². The summed E-state index contributed by atoms with van der Waals surface area (Å²) in [6, 6.07) is 14.9. The fraction of sp³-hybridized carbons (Fsp3) is 0.208. The number of halogens is 4. The first-order chi connectivity index (χ1) is 16.4. The molecule has 0 saturated carbocycles. The van der Waals surface area contributed by atoms with Crippen molar-refractivity contribution >= 4 is 43.2 Å². The molecule has 1 amide bonds. The van der Waals surface area contributed by atoms with Crippen molar-refractivity contribution in [3.8, 4) is 5.75 Å². The number of fused-ring (bicyclic) bond motifs is 1. The van der Waals surface area contributed by atoms with Gasteiger partial charge in [-0.05, 0) is 79.6 Å². The molecule has 6 nitrogen and oxygen atoms in total. The van der Waals surface area contributed by atoms with Crippen LogP contribution in [0, 0.1) is 0 Å². The van der Waals surface area contributed by atoms with Crippen LogP contribution >= 0.6 is 15.9 Å². The molecule has 0 radical (unpaired) electrons. The molecule has 1 unspecified atom stereocenters. The zero-order chi connectivity index (χ0) is 25.4. The summed E-state index contributed by atoms with van der Waals surface area (Å²) < 4.78 is 72.5. The Balaban J connectivity index is 1.41. The van der Waals surface area contributed by atoms with Gasteiger partial charge in [0.05, 0.1) is 10.5 Å². The van der Waals surface area contributed by atoms with Gasteiger partial charge in [0.1, 0.15) is 5.75 Å². The maximum Gasteiger partial charge on any atom is 0.416 e. The number of anilines is 2. The van der Waals surface area contributed by atoms with Crippen LogP contribution in [0.15, 0.2) is 76.1 Å². The summed E-state index contributed by atoms with van der Waals surface area (Å²) in [5.41, 5.74) is 0.714. The Labute approximate surface area is 208 Å². The average molecular weight is 569 g/mol. The molecule has 4 rings (SSSR count). The molecule has 3 aromatic carbocycles. The summed E-state index contributed by atoms with van der Waals surface area (Å²) in [5, 5.41) is 0. The Morgan fingerprint density at radius 1 is 1.11 bits per heavy atom. The monoisotopic (exact) mass is 568 g/mol. The molecule has 0 spiro atoms. The van der Waals surface area contributed by atoms with Gasteiger partial charge >= 0.3 is 6.18 Å². The lowest BCUT2D eigenvalue weighted by Gasteiger charge is -2.22. The fourth-order valence-corrected chi connectivity index (χ4v) is 5.34. The van der Waals surface area contributed by atoms with Gasteiger partial charge in [-0.2, -0.15) is 13.2 Å². The minimum absolute atomic E-state index is 0.0233. The zero-order valence-electron chi connectivity index (χ0n) is 18.3. The quantitative estimate of drug-likeness (QED) is 0.418. The van der Waals surface area contributed by atoms with Gasteiger partial charge in [0.2, 0.25) is 0 Å². The second kappa shape index (κ2) is 9.54. The van der Waals surface area contributed by atoms with E-state index in [1.54, 1.807) is 4.90 Å². The van der Waals surface area contributed by atoms with Crippen LogP contribution in [0.1, 0.15) is 18.1 Å². The number of hydrogen-bond donors (Lipinski definition) is 1. The van der Waals surface area contributed by atoms with E-state index < -0.39 is 21.8 Å². The minimum Gasteiger partial charge on any atom is -0.484 e. The summed E-state index contributed by atoms with van der Waals surface area (Å²) in [7, 11) is -4.13. The van der Waals surface area contributed by atoms with Crippen molar-refractivity contribution in [1.82, 2.24) is 0 Å². The van der Waals surface area contributed by atoms with Crippen molar-refractivity contribution in [3.63, 3.8) is 0 Å². The fourth-order valence-electron chi connectivity index (χ4n) is 3.88. The van der Waals surface area contributed by atoms with E-state index in [4.69, 9.17) is 4.74 Å². The Morgan fingerprint density at radius 3 is 2.51 bits per heavy atom. The molecule has 1 N–H and O–H groups in total. The number of sulfonamides is 1. The van der Waals surface area contributed by atoms with Gasteiger partial charge in [0.25, 0.3) is 15.9 Å². The third kappa shape index (κ3) is 5.62. The first-order valence-corrected chi connectivity index (χ1v) is 12.7. The van der Waals surface area contributed by atoms with Crippen LogP contribution in [0.2, 0.25) is 0 Å². The van der Waals surface area contributed by atoms with E-state index in [-0.39, 0.29) is 34.9 Å². The van der Waals surface area contributed by atoms with Crippen molar-refractivity contribution in [2.45, 2.75) is 30.5 Å². The van der Waals surface area contributed by atoms with Crippen LogP contribution in [0.4, 0.5) is 24.5 Å². The SMILES string of the molecule is CC1Cc2cc(Br)ccc2N1C(=O)COc1ccc(S(=O)(=O)Nc2cccc(C(F)(F)F)c2)cc1. The Morgan fingerprint density at radius 2 is 1.83 bits per heavy atom. The second-order valence-electron chi connectivity index (χ2n) is 8.03. The summed E-state index contributed by atoms with van der Waals surface area (Å²) in [6.07, 6.45) is -3.87. The zero-order valence-corrected chi connectivity index (χ0v) is 20.7. The number of nitrogens with zero attached hydrogens (tertiary/aromatic N) is 1. The van der Waals surface area contributed by atoms with Crippen molar-refractivity contribution in [2.75, 3.05) is 16.2 Å². The lowest BCUT2D eigenvalue weighted by atomic mass is 10.1. The number of ether oxygens (including phenoxy) is 1. The van der Waals surface area contributed by atoms with E-state index in [1.807, 2.05) is 25.1 Å². The molecule has 1 heterocycles. The second-order valence-corrected chi connectivity index (χ2v) is 10.6. The standard InChI is InChI=1S/C24H20BrF3N2O4S/c1-15-11-16-12-18(25)5-10-22(16)30(15)23(31)14-34-20-6-8-21(9-7-20)35(32,33)29-19-4-2-3-17(13-19)24(26,27)28/h2-10,12-13,15,29H,11,14H2,1H3. The predicted molar refractivity (Wildman–Crippen MR) is 129 cm³/mol. The van der Waals surface area contributed by atoms with Crippen LogP contribution in [0.5, 0.6) is 5.75 Å². The smallest absolute Gasteiger partial charge is 0.416 e. The summed E-state index contributed by atoms with van der Waals surface area (Å²) in [6.45, 7) is 1.71. The Kier molecular flexibility index (Phi) is 6.83. The van der Waals surface area contributed by atoms with Gasteiger partial charge in [0.15, 0.2) is 6.61 Å². The first kappa shape index (κ1) is 25.1. The number of amides is 1. The number of benzene rings is 3. The minimum atomic E-state index is -4.59. The molecule has 1 aliphatic heterocycles. The van der Waals surface area contributed by atoms with E-state index in [0.717, 1.165) is 40.3 Å². The maximum atomic E-state index is 12.9. The topological polar surface area (TPSA) is 75.7 Å². The summed E-state index contributed by atoms with van der Waals surface area (Å²) >= 11 is 3.43. The van der Waals surface area contributed by atoms with Crippen molar-refractivity contribution in [3.05, 3.63) is 82.3 Å². The molecule has 0 aliphatic carbocycles. The molecule has 1 aliphatic rings. The van der Waals surface area contributed by atoms with Crippen LogP contribution in [-0.4, -0.2) is 27.0 Å². The number of nitrogens with one attached hydrogen (secondary N) is 1. The normalized spacial score (nSPS) is 15.6. The van der Waals surface area contributed by atoms with Crippen molar-refractivity contribution in [1.29, 1.82) is 0 Å². The van der Waals surface area contributed by atoms with Gasteiger partial charge in [-0.1, -0.05) is 22.0 Å². The molecule has 0 fully saturated rings. The first-order valence-electron chi connectivity index (χ1n) is 10.5. The largest absolute Gasteiger partial charge is 0.484 e. The van der Waals surface area contributed by atoms with E-state index >= 15 is 0 Å². The average Bonchev–Trinajstić information content (AvgIpc) is 3.12. The van der Waals surface area contributed by atoms with Crippen LogP contribution < -0.4 is 14.4 Å². The molecule has 0 bridgehead atoms. The summed E-state index contributed by atoms with van der Waals surface area (Å²) in [4.78, 5) is 14.3. The lowest BCUT2D eigenvalue weighted by molar-refractivity contribution is -0.137.